The molecular formula is C25H22ClFN4O6. The SMILES string of the molecule is COC(=O)ON1C[C@H](C(=O)Nc2ccc(Cl)cc2)[C@@H](C(=O)Nc2ccc(-n3ccccc3=O)cc2F)C1. The molecule has 0 bridgehead atoms. The van der Waals surface area contributed by atoms with Gasteiger partial charge in [-0.3, -0.25) is 19.0 Å². The van der Waals surface area contributed by atoms with Gasteiger partial charge in [-0.05, 0) is 42.5 Å². The van der Waals surface area contributed by atoms with Crippen LogP contribution in [0.2, 0.25) is 5.02 Å². The van der Waals surface area contributed by atoms with Crippen molar-refractivity contribution in [1.82, 2.24) is 9.63 Å². The van der Waals surface area contributed by atoms with Gasteiger partial charge in [0.1, 0.15) is 5.82 Å². The Morgan fingerprint density at radius 2 is 1.65 bits per heavy atom. The molecule has 10 nitrogen and oxygen atoms in total. The van der Waals surface area contributed by atoms with E-state index in [-0.39, 0.29) is 30.0 Å². The first-order valence-corrected chi connectivity index (χ1v) is 11.5. The fourth-order valence-electron chi connectivity index (χ4n) is 3.91. The van der Waals surface area contributed by atoms with Gasteiger partial charge >= 0.3 is 6.16 Å². The van der Waals surface area contributed by atoms with E-state index in [1.807, 2.05) is 0 Å². The minimum Gasteiger partial charge on any atom is -0.436 e. The van der Waals surface area contributed by atoms with Crippen LogP contribution in [-0.4, -0.2) is 47.8 Å². The molecule has 1 fully saturated rings. The van der Waals surface area contributed by atoms with E-state index in [9.17, 15) is 23.6 Å². The van der Waals surface area contributed by atoms with Gasteiger partial charge in [0.2, 0.25) is 11.8 Å². The van der Waals surface area contributed by atoms with E-state index in [2.05, 4.69) is 15.4 Å². The van der Waals surface area contributed by atoms with Gasteiger partial charge in [-0.25, -0.2) is 9.18 Å². The van der Waals surface area contributed by atoms with Crippen molar-refractivity contribution in [2.24, 2.45) is 11.8 Å². The lowest BCUT2D eigenvalue weighted by Gasteiger charge is -2.18. The number of aromatic nitrogens is 1. The quantitative estimate of drug-likeness (QED) is 0.470. The second-order valence-electron chi connectivity index (χ2n) is 8.16. The molecule has 1 aromatic heterocycles. The van der Waals surface area contributed by atoms with E-state index in [0.29, 0.717) is 10.7 Å². The van der Waals surface area contributed by atoms with Crippen LogP contribution in [0.4, 0.5) is 20.6 Å². The Balaban J connectivity index is 1.52. The summed E-state index contributed by atoms with van der Waals surface area (Å²) in [6, 6.07) is 14.8. The van der Waals surface area contributed by atoms with Gasteiger partial charge in [-0.1, -0.05) is 17.7 Å². The smallest absolute Gasteiger partial charge is 0.436 e. The Bertz CT molecular complexity index is 1380. The third-order valence-corrected chi connectivity index (χ3v) is 6.01. The van der Waals surface area contributed by atoms with E-state index in [0.717, 1.165) is 18.2 Å². The summed E-state index contributed by atoms with van der Waals surface area (Å²) in [4.78, 5) is 54.8. The van der Waals surface area contributed by atoms with Crippen molar-refractivity contribution >= 4 is 40.9 Å². The van der Waals surface area contributed by atoms with Crippen LogP contribution in [0.25, 0.3) is 5.69 Å². The highest BCUT2D eigenvalue weighted by Gasteiger charge is 2.44. The van der Waals surface area contributed by atoms with Crippen LogP contribution in [0.5, 0.6) is 0 Å². The van der Waals surface area contributed by atoms with E-state index < -0.39 is 35.6 Å². The van der Waals surface area contributed by atoms with Gasteiger partial charge in [-0.2, -0.15) is 0 Å². The second kappa shape index (κ2) is 11.2. The molecule has 2 heterocycles. The lowest BCUT2D eigenvalue weighted by atomic mass is 9.94. The molecule has 0 radical (unpaired) electrons. The highest BCUT2D eigenvalue weighted by molar-refractivity contribution is 6.30. The number of hydrogen-bond acceptors (Lipinski definition) is 7. The average molecular weight is 529 g/mol. The van der Waals surface area contributed by atoms with Gasteiger partial charge in [0.25, 0.3) is 5.56 Å². The number of hydroxylamine groups is 2. The second-order valence-corrected chi connectivity index (χ2v) is 8.60. The van der Waals surface area contributed by atoms with Crippen LogP contribution in [0.3, 0.4) is 0 Å². The highest BCUT2D eigenvalue weighted by atomic mass is 35.5. The number of anilines is 2. The van der Waals surface area contributed by atoms with Gasteiger partial charge in [0.05, 0.1) is 30.3 Å². The van der Waals surface area contributed by atoms with Crippen molar-refractivity contribution in [2.45, 2.75) is 0 Å². The van der Waals surface area contributed by atoms with Crippen LogP contribution < -0.4 is 16.2 Å². The third kappa shape index (κ3) is 6.13. The van der Waals surface area contributed by atoms with Gasteiger partial charge in [0, 0.05) is 42.1 Å². The summed E-state index contributed by atoms with van der Waals surface area (Å²) in [5.41, 5.74) is 0.255. The number of halogens is 2. The van der Waals surface area contributed by atoms with Crippen molar-refractivity contribution in [3.05, 3.63) is 88.1 Å². The predicted molar refractivity (Wildman–Crippen MR) is 133 cm³/mol. The number of pyridine rings is 1. The maximum atomic E-state index is 14.9. The molecule has 2 amide bonds. The molecule has 2 atom stereocenters. The summed E-state index contributed by atoms with van der Waals surface area (Å²) < 4.78 is 20.6. The van der Waals surface area contributed by atoms with Crippen molar-refractivity contribution in [1.29, 1.82) is 0 Å². The summed E-state index contributed by atoms with van der Waals surface area (Å²) >= 11 is 5.88. The average Bonchev–Trinajstić information content (AvgIpc) is 3.31. The molecule has 12 heteroatoms. The first-order chi connectivity index (χ1) is 17.7. The van der Waals surface area contributed by atoms with Crippen molar-refractivity contribution in [3.63, 3.8) is 0 Å². The number of amides is 2. The molecule has 4 rings (SSSR count). The molecule has 2 N–H and O–H groups in total. The van der Waals surface area contributed by atoms with E-state index in [1.165, 1.54) is 29.0 Å². The standard InChI is InChI=1S/C25H22ClFN4O6/c1-36-25(35)37-30-13-18(23(33)28-16-7-5-15(26)6-8-16)19(14-30)24(34)29-21-10-9-17(12-20(21)27)31-11-3-2-4-22(31)32/h2-12,18-19H,13-14H2,1H3,(H,28,33)(H,29,34)/t18-,19-/m0/s1. The number of nitrogens with one attached hydrogen (secondary N) is 2. The Morgan fingerprint density at radius 1 is 0.973 bits per heavy atom. The van der Waals surface area contributed by atoms with Gasteiger partial charge in [-0.15, -0.1) is 5.06 Å². The van der Waals surface area contributed by atoms with Crippen LogP contribution in [0, 0.1) is 17.7 Å². The van der Waals surface area contributed by atoms with Crippen LogP contribution >= 0.6 is 11.6 Å². The Morgan fingerprint density at radius 3 is 2.27 bits per heavy atom. The molecule has 0 unspecified atom stereocenters. The molecule has 2 aromatic carbocycles. The largest absolute Gasteiger partial charge is 0.527 e. The molecular weight excluding hydrogens is 507 g/mol. The summed E-state index contributed by atoms with van der Waals surface area (Å²) in [5.74, 6) is -3.86. The first-order valence-electron chi connectivity index (χ1n) is 11.1. The lowest BCUT2D eigenvalue weighted by Crippen LogP contribution is -2.35. The zero-order valence-electron chi connectivity index (χ0n) is 19.5. The molecule has 0 aliphatic carbocycles. The summed E-state index contributed by atoms with van der Waals surface area (Å²) in [5, 5.41) is 6.83. The molecule has 0 spiro atoms. The number of benzene rings is 2. The fraction of sp³-hybridized carbons (Fsp3) is 0.200. The summed E-state index contributed by atoms with van der Waals surface area (Å²) in [7, 11) is 1.13. The van der Waals surface area contributed by atoms with E-state index in [1.54, 1.807) is 36.4 Å². The van der Waals surface area contributed by atoms with Gasteiger partial charge < -0.3 is 20.2 Å². The Hall–Kier alpha value is -4.22. The van der Waals surface area contributed by atoms with Crippen molar-refractivity contribution < 1.29 is 28.3 Å². The number of methoxy groups -OCH3 is 1. The zero-order valence-corrected chi connectivity index (χ0v) is 20.3. The molecule has 0 saturated carbocycles. The van der Waals surface area contributed by atoms with Crippen LogP contribution in [-0.2, 0) is 19.2 Å². The molecule has 1 aliphatic heterocycles. The Labute approximate surface area is 215 Å². The number of nitrogens with zero attached hydrogens (tertiary/aromatic N) is 2. The molecule has 1 aliphatic rings. The normalized spacial score (nSPS) is 17.2. The maximum Gasteiger partial charge on any atom is 0.527 e. The Kier molecular flexibility index (Phi) is 7.85. The molecule has 37 heavy (non-hydrogen) atoms. The predicted octanol–water partition coefficient (Wildman–Crippen LogP) is 3.45. The number of carbonyl (C=O) groups excluding carboxylic acids is 3. The molecule has 192 valence electrons. The third-order valence-electron chi connectivity index (χ3n) is 5.75. The molecule has 1 saturated heterocycles. The first kappa shape index (κ1) is 25.9. The summed E-state index contributed by atoms with van der Waals surface area (Å²) in [6.45, 7) is -0.219. The number of hydrogen-bond donors (Lipinski definition) is 2. The topological polar surface area (TPSA) is 119 Å². The maximum absolute atomic E-state index is 14.9. The lowest BCUT2D eigenvalue weighted by molar-refractivity contribution is -0.127. The number of ether oxygens (including phenoxy) is 1. The van der Waals surface area contributed by atoms with E-state index in [4.69, 9.17) is 16.4 Å². The number of carbonyl (C=O) groups is 3. The zero-order chi connectivity index (χ0) is 26.5. The fourth-order valence-corrected chi connectivity index (χ4v) is 4.03. The van der Waals surface area contributed by atoms with E-state index >= 15 is 0 Å². The van der Waals surface area contributed by atoms with Crippen molar-refractivity contribution in [2.75, 3.05) is 30.8 Å². The summed E-state index contributed by atoms with van der Waals surface area (Å²) in [6.07, 6.45) is 0.490. The molecule has 3 aromatic rings. The highest BCUT2D eigenvalue weighted by Crippen LogP contribution is 2.28. The van der Waals surface area contributed by atoms with Crippen LogP contribution in [0.1, 0.15) is 0 Å². The monoisotopic (exact) mass is 528 g/mol. The number of rotatable bonds is 6. The van der Waals surface area contributed by atoms with Crippen LogP contribution in [0.15, 0.2) is 71.7 Å². The minimum atomic E-state index is -1.00. The minimum absolute atomic E-state index is 0.0923. The van der Waals surface area contributed by atoms with Gasteiger partial charge in [0.15, 0.2) is 0 Å². The van der Waals surface area contributed by atoms with Crippen molar-refractivity contribution in [3.8, 4) is 5.69 Å².